The minimum absolute atomic E-state index is 0.337. The highest BCUT2D eigenvalue weighted by atomic mass is 79.9. The highest BCUT2D eigenvalue weighted by Gasteiger charge is 2.11. The summed E-state index contributed by atoms with van der Waals surface area (Å²) in [5.74, 6) is -0.917. The van der Waals surface area contributed by atoms with Crippen LogP contribution in [-0.2, 0) is 9.53 Å². The second-order valence-corrected chi connectivity index (χ2v) is 5.72. The summed E-state index contributed by atoms with van der Waals surface area (Å²) in [7, 11) is 0. The van der Waals surface area contributed by atoms with Gasteiger partial charge in [0.1, 0.15) is 0 Å². The van der Waals surface area contributed by atoms with Gasteiger partial charge >= 0.3 is 5.97 Å². The molecule has 3 nitrogen and oxygen atoms in total. The van der Waals surface area contributed by atoms with E-state index >= 15 is 0 Å². The number of benzene rings is 2. The molecule has 0 aliphatic heterocycles. The maximum absolute atomic E-state index is 11.9. The monoisotopic (exact) mass is 378 g/mol. The minimum Gasteiger partial charge on any atom is -0.454 e. The van der Waals surface area contributed by atoms with Crippen LogP contribution in [0.3, 0.4) is 0 Å². The Bertz CT molecular complexity index is 708. The van der Waals surface area contributed by atoms with Crippen LogP contribution in [0, 0.1) is 0 Å². The first kappa shape index (κ1) is 16.5. The van der Waals surface area contributed by atoms with Gasteiger partial charge in [-0.2, -0.15) is 0 Å². The van der Waals surface area contributed by atoms with Crippen molar-refractivity contribution in [3.8, 4) is 0 Å². The summed E-state index contributed by atoms with van der Waals surface area (Å²) >= 11 is 9.24. The Labute approximate surface area is 141 Å². The summed E-state index contributed by atoms with van der Waals surface area (Å²) < 4.78 is 5.87. The second-order valence-electron chi connectivity index (χ2n) is 4.40. The van der Waals surface area contributed by atoms with Crippen molar-refractivity contribution in [2.75, 3.05) is 6.61 Å². The van der Waals surface area contributed by atoms with Crippen molar-refractivity contribution < 1.29 is 14.3 Å². The van der Waals surface area contributed by atoms with Gasteiger partial charge in [0.05, 0.1) is 5.02 Å². The van der Waals surface area contributed by atoms with Gasteiger partial charge in [-0.05, 0) is 35.9 Å². The first-order valence-corrected chi connectivity index (χ1v) is 7.61. The third-order valence-corrected chi connectivity index (χ3v) is 3.66. The lowest BCUT2D eigenvalue weighted by Gasteiger charge is -2.03. The van der Waals surface area contributed by atoms with Crippen LogP contribution in [0.5, 0.6) is 0 Å². The highest BCUT2D eigenvalue weighted by molar-refractivity contribution is 9.10. The molecular formula is C17H12BrClO3. The van der Waals surface area contributed by atoms with Crippen LogP contribution in [0.4, 0.5) is 0 Å². The number of Topliss-reactive ketones (excluding diaryl/α,β-unsaturated/α-hetero) is 1. The van der Waals surface area contributed by atoms with E-state index in [0.29, 0.717) is 10.6 Å². The van der Waals surface area contributed by atoms with E-state index < -0.39 is 5.97 Å². The van der Waals surface area contributed by atoms with Crippen LogP contribution in [0.25, 0.3) is 6.08 Å². The van der Waals surface area contributed by atoms with Crippen LogP contribution in [0.15, 0.2) is 59.1 Å². The number of esters is 1. The first-order chi connectivity index (χ1) is 10.6. The maximum atomic E-state index is 11.9. The van der Waals surface area contributed by atoms with Crippen LogP contribution in [-0.4, -0.2) is 18.4 Å². The smallest absolute Gasteiger partial charge is 0.331 e. The third kappa shape index (κ3) is 4.83. The number of carbonyl (C=O) groups excluding carboxylic acids is 2. The minimum atomic E-state index is -0.580. The van der Waals surface area contributed by atoms with Gasteiger partial charge in [0.25, 0.3) is 0 Å². The Kier molecular flexibility index (Phi) is 5.92. The van der Waals surface area contributed by atoms with E-state index in [1.54, 1.807) is 30.3 Å². The Hall–Kier alpha value is -1.91. The molecule has 0 saturated carbocycles. The van der Waals surface area contributed by atoms with Gasteiger partial charge in [-0.3, -0.25) is 4.79 Å². The van der Waals surface area contributed by atoms with Crippen LogP contribution in [0.1, 0.15) is 15.9 Å². The van der Waals surface area contributed by atoms with Gasteiger partial charge in [-0.15, -0.1) is 0 Å². The van der Waals surface area contributed by atoms with E-state index in [1.807, 2.05) is 24.3 Å². The molecule has 0 amide bonds. The van der Waals surface area contributed by atoms with Gasteiger partial charge in [0.15, 0.2) is 6.61 Å². The summed E-state index contributed by atoms with van der Waals surface area (Å²) in [6.07, 6.45) is 2.90. The average molecular weight is 380 g/mol. The normalized spacial score (nSPS) is 10.6. The predicted molar refractivity (Wildman–Crippen MR) is 89.9 cm³/mol. The molecule has 2 rings (SSSR count). The molecule has 0 spiro atoms. The Balaban J connectivity index is 1.89. The lowest BCUT2D eigenvalue weighted by molar-refractivity contribution is -0.136. The Morgan fingerprint density at radius 1 is 1.09 bits per heavy atom. The zero-order valence-corrected chi connectivity index (χ0v) is 13.8. The summed E-state index contributed by atoms with van der Waals surface area (Å²) in [4.78, 5) is 23.5. The van der Waals surface area contributed by atoms with E-state index in [0.717, 1.165) is 10.0 Å². The van der Waals surface area contributed by atoms with Gasteiger partial charge in [0.2, 0.25) is 5.78 Å². The molecular weight excluding hydrogens is 368 g/mol. The molecule has 0 aliphatic carbocycles. The van der Waals surface area contributed by atoms with Crippen molar-refractivity contribution in [3.63, 3.8) is 0 Å². The zero-order valence-electron chi connectivity index (χ0n) is 11.5. The Morgan fingerprint density at radius 3 is 2.45 bits per heavy atom. The van der Waals surface area contributed by atoms with Gasteiger partial charge < -0.3 is 4.74 Å². The Morgan fingerprint density at radius 2 is 1.77 bits per heavy atom. The molecule has 0 N–H and O–H groups in total. The SMILES string of the molecule is O=C(/C=C/c1ccc(Br)cc1)OCC(=O)c1ccccc1Cl. The van der Waals surface area contributed by atoms with Crippen molar-refractivity contribution in [1.29, 1.82) is 0 Å². The fourth-order valence-corrected chi connectivity index (χ4v) is 2.19. The molecule has 0 unspecified atom stereocenters. The number of halogens is 2. The van der Waals surface area contributed by atoms with Gasteiger partial charge in [-0.1, -0.05) is 51.8 Å². The number of rotatable bonds is 5. The summed E-state index contributed by atoms with van der Waals surface area (Å²) in [5, 5.41) is 0.342. The van der Waals surface area contributed by atoms with E-state index in [4.69, 9.17) is 16.3 Å². The molecule has 0 heterocycles. The molecule has 112 valence electrons. The van der Waals surface area contributed by atoms with Crippen molar-refractivity contribution in [3.05, 3.63) is 75.2 Å². The molecule has 22 heavy (non-hydrogen) atoms. The number of hydrogen-bond donors (Lipinski definition) is 0. The van der Waals surface area contributed by atoms with E-state index in [-0.39, 0.29) is 12.4 Å². The number of ether oxygens (including phenoxy) is 1. The van der Waals surface area contributed by atoms with Crippen molar-refractivity contribution in [2.45, 2.75) is 0 Å². The number of carbonyl (C=O) groups is 2. The van der Waals surface area contributed by atoms with E-state index in [1.165, 1.54) is 6.08 Å². The standard InChI is InChI=1S/C17H12BrClO3/c18-13-8-5-12(6-9-13)7-10-17(21)22-11-16(20)14-3-1-2-4-15(14)19/h1-10H,11H2/b10-7+. The largest absolute Gasteiger partial charge is 0.454 e. The fraction of sp³-hybridized carbons (Fsp3) is 0.0588. The molecule has 0 atom stereocenters. The van der Waals surface area contributed by atoms with Crippen LogP contribution < -0.4 is 0 Å². The second kappa shape index (κ2) is 7.92. The molecule has 0 fully saturated rings. The molecule has 0 aromatic heterocycles. The molecule has 0 bridgehead atoms. The summed E-state index contributed by atoms with van der Waals surface area (Å²) in [5.41, 5.74) is 1.20. The van der Waals surface area contributed by atoms with Gasteiger partial charge in [-0.25, -0.2) is 4.79 Å². The summed E-state index contributed by atoms with van der Waals surface area (Å²) in [6.45, 7) is -0.340. The van der Waals surface area contributed by atoms with Crippen molar-refractivity contribution in [1.82, 2.24) is 0 Å². The maximum Gasteiger partial charge on any atom is 0.331 e. The zero-order chi connectivity index (χ0) is 15.9. The third-order valence-electron chi connectivity index (χ3n) is 2.80. The molecule has 0 saturated heterocycles. The van der Waals surface area contributed by atoms with Crippen LogP contribution >= 0.6 is 27.5 Å². The van der Waals surface area contributed by atoms with Crippen molar-refractivity contribution >= 4 is 45.4 Å². The molecule has 2 aromatic carbocycles. The highest BCUT2D eigenvalue weighted by Crippen LogP contribution is 2.15. The van der Waals surface area contributed by atoms with Crippen LogP contribution in [0.2, 0.25) is 5.02 Å². The quantitative estimate of drug-likeness (QED) is 0.435. The predicted octanol–water partition coefficient (Wildman–Crippen LogP) is 4.54. The first-order valence-electron chi connectivity index (χ1n) is 6.44. The number of ketones is 1. The average Bonchev–Trinajstić information content (AvgIpc) is 2.52. The lowest BCUT2D eigenvalue weighted by atomic mass is 10.1. The van der Waals surface area contributed by atoms with Gasteiger partial charge in [0, 0.05) is 16.1 Å². The number of hydrogen-bond acceptors (Lipinski definition) is 3. The summed E-state index contributed by atoms with van der Waals surface area (Å²) in [6, 6.07) is 14.1. The molecule has 0 aliphatic rings. The fourth-order valence-electron chi connectivity index (χ4n) is 1.69. The topological polar surface area (TPSA) is 43.4 Å². The molecule has 0 radical (unpaired) electrons. The van der Waals surface area contributed by atoms with E-state index in [9.17, 15) is 9.59 Å². The van der Waals surface area contributed by atoms with Crippen molar-refractivity contribution in [2.24, 2.45) is 0 Å². The lowest BCUT2D eigenvalue weighted by Crippen LogP contribution is -2.12. The molecule has 2 aromatic rings. The molecule has 5 heteroatoms. The van der Waals surface area contributed by atoms with E-state index in [2.05, 4.69) is 15.9 Å².